The summed E-state index contributed by atoms with van der Waals surface area (Å²) in [6.07, 6.45) is 3.54. The van der Waals surface area contributed by atoms with Gasteiger partial charge < -0.3 is 20.3 Å². The van der Waals surface area contributed by atoms with Crippen molar-refractivity contribution < 1.29 is 9.53 Å². The first-order chi connectivity index (χ1) is 12.2. The van der Waals surface area contributed by atoms with Gasteiger partial charge in [-0.25, -0.2) is 0 Å². The largest absolute Gasteiger partial charge is 0.497 e. The zero-order valence-corrected chi connectivity index (χ0v) is 18.1. The van der Waals surface area contributed by atoms with Gasteiger partial charge in [0.05, 0.1) is 7.11 Å². The third kappa shape index (κ3) is 7.80. The van der Waals surface area contributed by atoms with E-state index in [4.69, 9.17) is 4.74 Å². The number of ether oxygens (including phenoxy) is 1. The van der Waals surface area contributed by atoms with Crippen molar-refractivity contribution >= 4 is 35.8 Å². The van der Waals surface area contributed by atoms with Gasteiger partial charge in [0.1, 0.15) is 5.75 Å². The molecule has 0 radical (unpaired) electrons. The monoisotopic (exact) mass is 474 g/mol. The number of carbonyl (C=O) groups excluding carboxylic acids is 1. The molecule has 0 unspecified atom stereocenters. The predicted octanol–water partition coefficient (Wildman–Crippen LogP) is 2.42. The fraction of sp³-hybridized carbons (Fsp3) is 0.579. The van der Waals surface area contributed by atoms with E-state index in [9.17, 15) is 4.79 Å². The maximum absolute atomic E-state index is 11.6. The average Bonchev–Trinajstić information content (AvgIpc) is 3.04. The van der Waals surface area contributed by atoms with E-state index in [0.717, 1.165) is 63.7 Å². The van der Waals surface area contributed by atoms with Crippen molar-refractivity contribution in [1.82, 2.24) is 15.5 Å². The number of aliphatic imine (C=N–C) groups is 1. The van der Waals surface area contributed by atoms with Crippen LogP contribution in [0, 0.1) is 0 Å². The van der Waals surface area contributed by atoms with Crippen LogP contribution in [-0.4, -0.2) is 56.6 Å². The minimum Gasteiger partial charge on any atom is -0.497 e. The SMILES string of the molecule is CCNC(=NCCCN1CCCC1=O)NCCc1ccc(OC)cc1.I. The van der Waals surface area contributed by atoms with Crippen LogP contribution in [0.25, 0.3) is 0 Å². The molecule has 1 aliphatic heterocycles. The lowest BCUT2D eigenvalue weighted by molar-refractivity contribution is -0.127. The third-order valence-corrected chi connectivity index (χ3v) is 4.24. The summed E-state index contributed by atoms with van der Waals surface area (Å²) < 4.78 is 5.17. The smallest absolute Gasteiger partial charge is 0.222 e. The molecule has 0 atom stereocenters. The second-order valence-electron chi connectivity index (χ2n) is 6.12. The van der Waals surface area contributed by atoms with E-state index in [-0.39, 0.29) is 29.9 Å². The normalized spacial score (nSPS) is 14.2. The molecule has 1 aromatic rings. The van der Waals surface area contributed by atoms with E-state index in [2.05, 4.69) is 34.7 Å². The topological polar surface area (TPSA) is 66.0 Å². The molecule has 2 N–H and O–H groups in total. The fourth-order valence-corrected chi connectivity index (χ4v) is 2.85. The molecule has 1 fully saturated rings. The van der Waals surface area contributed by atoms with Gasteiger partial charge in [-0.2, -0.15) is 0 Å². The zero-order chi connectivity index (χ0) is 17.9. The molecule has 26 heavy (non-hydrogen) atoms. The molecule has 0 aromatic heterocycles. The maximum Gasteiger partial charge on any atom is 0.222 e. The second-order valence-corrected chi connectivity index (χ2v) is 6.12. The third-order valence-electron chi connectivity index (χ3n) is 4.24. The molecule has 1 aliphatic rings. The van der Waals surface area contributed by atoms with Crippen molar-refractivity contribution in [3.8, 4) is 5.75 Å². The van der Waals surface area contributed by atoms with E-state index in [0.29, 0.717) is 6.42 Å². The van der Waals surface area contributed by atoms with Crippen molar-refractivity contribution in [1.29, 1.82) is 0 Å². The molecule has 1 aromatic carbocycles. The van der Waals surface area contributed by atoms with Crippen LogP contribution in [0.15, 0.2) is 29.3 Å². The van der Waals surface area contributed by atoms with Gasteiger partial charge in [-0.1, -0.05) is 12.1 Å². The van der Waals surface area contributed by atoms with E-state index >= 15 is 0 Å². The standard InChI is InChI=1S/C19H30N4O2.HI/c1-3-20-19(21-12-5-15-23-14-4-6-18(23)24)22-13-11-16-7-9-17(25-2)10-8-16;/h7-10H,3-6,11-15H2,1-2H3,(H2,20,21,22);1H. The van der Waals surface area contributed by atoms with Crippen LogP contribution in [0.5, 0.6) is 5.75 Å². The highest BCUT2D eigenvalue weighted by Gasteiger charge is 2.18. The van der Waals surface area contributed by atoms with Gasteiger partial charge in [-0.3, -0.25) is 9.79 Å². The molecule has 6 nitrogen and oxygen atoms in total. The van der Waals surface area contributed by atoms with Crippen LogP contribution < -0.4 is 15.4 Å². The Kier molecular flexibility index (Phi) is 11.1. The first-order valence-corrected chi connectivity index (χ1v) is 9.16. The van der Waals surface area contributed by atoms with Crippen molar-refractivity contribution in [2.24, 2.45) is 4.99 Å². The van der Waals surface area contributed by atoms with Gasteiger partial charge in [-0.05, 0) is 43.9 Å². The first kappa shape index (κ1) is 22.5. The first-order valence-electron chi connectivity index (χ1n) is 9.16. The molecule has 146 valence electrons. The number of rotatable bonds is 9. The second kappa shape index (κ2) is 12.8. The van der Waals surface area contributed by atoms with Gasteiger partial charge in [0.25, 0.3) is 0 Å². The van der Waals surface area contributed by atoms with E-state index < -0.39 is 0 Å². The van der Waals surface area contributed by atoms with Gasteiger partial charge in [0.15, 0.2) is 5.96 Å². The Balaban J connectivity index is 0.00000338. The number of likely N-dealkylation sites (tertiary alicyclic amines) is 1. The summed E-state index contributed by atoms with van der Waals surface area (Å²) in [6, 6.07) is 8.12. The number of nitrogens with zero attached hydrogens (tertiary/aromatic N) is 2. The molecule has 0 saturated carbocycles. The molecule has 0 aliphatic carbocycles. The summed E-state index contributed by atoms with van der Waals surface area (Å²) in [7, 11) is 1.68. The Labute approximate surface area is 173 Å². The summed E-state index contributed by atoms with van der Waals surface area (Å²) >= 11 is 0. The van der Waals surface area contributed by atoms with Crippen molar-refractivity contribution in [2.75, 3.05) is 39.8 Å². The maximum atomic E-state index is 11.6. The Hall–Kier alpha value is -1.51. The van der Waals surface area contributed by atoms with Gasteiger partial charge in [-0.15, -0.1) is 24.0 Å². The number of carbonyl (C=O) groups is 1. The van der Waals surface area contributed by atoms with Crippen molar-refractivity contribution in [2.45, 2.75) is 32.6 Å². The Morgan fingerprint density at radius 1 is 1.27 bits per heavy atom. The quantitative estimate of drug-likeness (QED) is 0.250. The highest BCUT2D eigenvalue weighted by molar-refractivity contribution is 14.0. The highest BCUT2D eigenvalue weighted by atomic mass is 127. The summed E-state index contributed by atoms with van der Waals surface area (Å²) in [5.74, 6) is 2.00. The average molecular weight is 474 g/mol. The number of halogens is 1. The Bertz CT molecular complexity index is 563. The van der Waals surface area contributed by atoms with E-state index in [1.165, 1.54) is 5.56 Å². The van der Waals surface area contributed by atoms with Crippen LogP contribution in [0.1, 0.15) is 31.7 Å². The summed E-state index contributed by atoms with van der Waals surface area (Å²) in [4.78, 5) is 18.1. The lowest BCUT2D eigenvalue weighted by Gasteiger charge is -2.15. The fourth-order valence-electron chi connectivity index (χ4n) is 2.85. The lowest BCUT2D eigenvalue weighted by atomic mass is 10.1. The van der Waals surface area contributed by atoms with Crippen LogP contribution in [0.4, 0.5) is 0 Å². The number of hydrogen-bond donors (Lipinski definition) is 2. The molecular formula is C19H31IN4O2. The minimum absolute atomic E-state index is 0. The molecule has 2 rings (SSSR count). The van der Waals surface area contributed by atoms with Gasteiger partial charge in [0.2, 0.25) is 5.91 Å². The Morgan fingerprint density at radius 3 is 2.65 bits per heavy atom. The summed E-state index contributed by atoms with van der Waals surface area (Å²) in [6.45, 7) is 6.16. The molecule has 1 amide bonds. The minimum atomic E-state index is 0. The predicted molar refractivity (Wildman–Crippen MR) is 117 cm³/mol. The zero-order valence-electron chi connectivity index (χ0n) is 15.8. The van der Waals surface area contributed by atoms with E-state index in [1.807, 2.05) is 17.0 Å². The molecule has 1 heterocycles. The highest BCUT2D eigenvalue weighted by Crippen LogP contribution is 2.11. The molecule has 0 bridgehead atoms. The number of benzene rings is 1. The summed E-state index contributed by atoms with van der Waals surface area (Å²) in [5.41, 5.74) is 1.26. The number of methoxy groups -OCH3 is 1. The van der Waals surface area contributed by atoms with Crippen LogP contribution in [-0.2, 0) is 11.2 Å². The van der Waals surface area contributed by atoms with Gasteiger partial charge in [0, 0.05) is 39.1 Å². The van der Waals surface area contributed by atoms with Crippen molar-refractivity contribution in [3.05, 3.63) is 29.8 Å². The molecule has 7 heteroatoms. The number of guanidine groups is 1. The van der Waals surface area contributed by atoms with Crippen LogP contribution in [0.2, 0.25) is 0 Å². The lowest BCUT2D eigenvalue weighted by Crippen LogP contribution is -2.38. The Morgan fingerprint density at radius 2 is 2.04 bits per heavy atom. The summed E-state index contributed by atoms with van der Waals surface area (Å²) in [5, 5.41) is 6.62. The van der Waals surface area contributed by atoms with Crippen LogP contribution >= 0.6 is 24.0 Å². The molecule has 1 saturated heterocycles. The number of hydrogen-bond acceptors (Lipinski definition) is 3. The van der Waals surface area contributed by atoms with E-state index in [1.54, 1.807) is 7.11 Å². The van der Waals surface area contributed by atoms with Crippen LogP contribution in [0.3, 0.4) is 0 Å². The molecule has 0 spiro atoms. The van der Waals surface area contributed by atoms with Crippen molar-refractivity contribution in [3.63, 3.8) is 0 Å². The number of amides is 1. The molecular weight excluding hydrogens is 443 g/mol. The van der Waals surface area contributed by atoms with Gasteiger partial charge >= 0.3 is 0 Å². The number of nitrogens with one attached hydrogen (secondary N) is 2.